The van der Waals surface area contributed by atoms with Crippen molar-refractivity contribution >= 4 is 11.8 Å². The van der Waals surface area contributed by atoms with Gasteiger partial charge in [-0.25, -0.2) is 0 Å². The molecule has 130 valence electrons. The molecule has 0 saturated carbocycles. The van der Waals surface area contributed by atoms with Crippen molar-refractivity contribution in [3.05, 3.63) is 24.3 Å². The fraction of sp³-hybridized carbons (Fsp3) is 0.529. The molecule has 24 heavy (non-hydrogen) atoms. The van der Waals surface area contributed by atoms with E-state index in [1.54, 1.807) is 11.0 Å². The molecule has 1 saturated heterocycles. The van der Waals surface area contributed by atoms with Gasteiger partial charge in [0.05, 0.1) is 6.54 Å². The van der Waals surface area contributed by atoms with Gasteiger partial charge in [-0.3, -0.25) is 14.5 Å². The molecule has 0 radical (unpaired) electrons. The van der Waals surface area contributed by atoms with Crippen LogP contribution in [0.5, 0.6) is 11.5 Å². The third-order valence-corrected chi connectivity index (χ3v) is 4.37. The highest BCUT2D eigenvalue weighted by molar-refractivity contribution is 5.82. The molecule has 2 heterocycles. The second kappa shape index (κ2) is 7.09. The molecule has 2 N–H and O–H groups in total. The van der Waals surface area contributed by atoms with Crippen molar-refractivity contribution in [3.63, 3.8) is 0 Å². The van der Waals surface area contributed by atoms with Crippen molar-refractivity contribution in [2.24, 2.45) is 5.73 Å². The van der Waals surface area contributed by atoms with Crippen LogP contribution in [-0.4, -0.2) is 66.5 Å². The summed E-state index contributed by atoms with van der Waals surface area (Å²) in [5.41, 5.74) is 5.25. The third kappa shape index (κ3) is 3.62. The maximum Gasteiger partial charge on any atom is 0.267 e. The monoisotopic (exact) mass is 333 g/mol. The van der Waals surface area contributed by atoms with Gasteiger partial charge in [-0.15, -0.1) is 0 Å². The summed E-state index contributed by atoms with van der Waals surface area (Å²) in [6, 6.07) is 7.37. The van der Waals surface area contributed by atoms with Gasteiger partial charge in [0.25, 0.3) is 5.91 Å². The van der Waals surface area contributed by atoms with E-state index in [9.17, 15) is 9.59 Å². The Morgan fingerprint density at radius 2 is 1.83 bits per heavy atom. The van der Waals surface area contributed by atoms with Crippen LogP contribution in [0.1, 0.15) is 13.3 Å². The van der Waals surface area contributed by atoms with Crippen molar-refractivity contribution in [2.45, 2.75) is 25.6 Å². The number of ether oxygens (including phenoxy) is 2. The van der Waals surface area contributed by atoms with Gasteiger partial charge in [-0.1, -0.05) is 12.1 Å². The lowest BCUT2D eigenvalue weighted by Gasteiger charge is -2.34. The van der Waals surface area contributed by atoms with E-state index in [0.29, 0.717) is 31.1 Å². The Morgan fingerprint density at radius 1 is 1.12 bits per heavy atom. The Morgan fingerprint density at radius 3 is 2.54 bits per heavy atom. The highest BCUT2D eigenvalue weighted by Crippen LogP contribution is 2.33. The summed E-state index contributed by atoms with van der Waals surface area (Å²) in [6.45, 7) is 4.66. The minimum atomic E-state index is -0.650. The summed E-state index contributed by atoms with van der Waals surface area (Å²) in [4.78, 5) is 27.7. The molecule has 1 fully saturated rings. The van der Waals surface area contributed by atoms with Gasteiger partial charge in [0.15, 0.2) is 11.5 Å². The Labute approximate surface area is 141 Å². The molecule has 7 heteroatoms. The van der Waals surface area contributed by atoms with Crippen LogP contribution in [0.2, 0.25) is 0 Å². The molecular weight excluding hydrogens is 310 g/mol. The summed E-state index contributed by atoms with van der Waals surface area (Å²) in [5.74, 6) is 0.846. The van der Waals surface area contributed by atoms with E-state index >= 15 is 0 Å². The molecule has 3 rings (SSSR count). The number of amides is 2. The Kier molecular flexibility index (Phi) is 4.89. The van der Waals surface area contributed by atoms with Crippen LogP contribution in [-0.2, 0) is 9.59 Å². The minimum Gasteiger partial charge on any atom is -0.482 e. The van der Waals surface area contributed by atoms with Crippen LogP contribution in [0.3, 0.4) is 0 Å². The molecule has 0 spiro atoms. The Balaban J connectivity index is 1.65. The predicted octanol–water partition coefficient (Wildman–Crippen LogP) is 0.235. The second-order valence-corrected chi connectivity index (χ2v) is 6.23. The van der Waals surface area contributed by atoms with Gasteiger partial charge < -0.3 is 20.1 Å². The topological polar surface area (TPSA) is 85.1 Å². The first kappa shape index (κ1) is 16.6. The molecule has 2 atom stereocenters. The van der Waals surface area contributed by atoms with Crippen LogP contribution >= 0.6 is 0 Å². The summed E-state index contributed by atoms with van der Waals surface area (Å²) in [5, 5.41) is 0. The number of carbonyl (C=O) groups excluding carboxylic acids is 2. The van der Waals surface area contributed by atoms with E-state index in [1.807, 2.05) is 30.0 Å². The number of hydrogen-bond donors (Lipinski definition) is 1. The molecular formula is C17H23N3O4. The highest BCUT2D eigenvalue weighted by atomic mass is 16.6. The Bertz CT molecular complexity index is 622. The second-order valence-electron chi connectivity index (χ2n) is 6.23. The Hall–Kier alpha value is -2.28. The molecule has 0 aromatic heterocycles. The van der Waals surface area contributed by atoms with E-state index in [-0.39, 0.29) is 24.5 Å². The van der Waals surface area contributed by atoms with Gasteiger partial charge in [-0.05, 0) is 25.5 Å². The molecule has 0 aliphatic carbocycles. The van der Waals surface area contributed by atoms with Gasteiger partial charge in [0.2, 0.25) is 12.0 Å². The lowest BCUT2D eigenvalue weighted by atomic mass is 10.1. The number of nitrogens with zero attached hydrogens (tertiary/aromatic N) is 2. The summed E-state index contributed by atoms with van der Waals surface area (Å²) in [7, 11) is 0. The molecule has 2 aliphatic rings. The zero-order chi connectivity index (χ0) is 17.1. The lowest BCUT2D eigenvalue weighted by Crippen LogP contribution is -2.51. The molecule has 1 aromatic carbocycles. The number of hydrogen-bond acceptors (Lipinski definition) is 5. The van der Waals surface area contributed by atoms with E-state index in [1.165, 1.54) is 0 Å². The van der Waals surface area contributed by atoms with Crippen LogP contribution in [0, 0.1) is 0 Å². The number of fused-ring (bicyclic) bond motifs is 1. The molecule has 1 aromatic rings. The SMILES string of the molecule is C[C@@H]1Oc2ccccc2O[C@H]1C(=O)N1CCCN(CC(N)=O)CC1. The van der Waals surface area contributed by atoms with E-state index in [0.717, 1.165) is 13.0 Å². The number of nitrogens with two attached hydrogens (primary N) is 1. The van der Waals surface area contributed by atoms with Crippen molar-refractivity contribution < 1.29 is 19.1 Å². The molecule has 2 amide bonds. The van der Waals surface area contributed by atoms with Gasteiger partial charge in [0, 0.05) is 26.2 Å². The highest BCUT2D eigenvalue weighted by Gasteiger charge is 2.37. The van der Waals surface area contributed by atoms with E-state index < -0.39 is 6.10 Å². The average molecular weight is 333 g/mol. The first-order valence-corrected chi connectivity index (χ1v) is 8.26. The van der Waals surface area contributed by atoms with Crippen molar-refractivity contribution in [2.75, 3.05) is 32.7 Å². The first-order chi connectivity index (χ1) is 11.5. The maximum absolute atomic E-state index is 12.9. The van der Waals surface area contributed by atoms with Gasteiger partial charge in [0.1, 0.15) is 6.10 Å². The number of rotatable bonds is 3. The van der Waals surface area contributed by atoms with Crippen LogP contribution in [0.25, 0.3) is 0 Å². The lowest BCUT2D eigenvalue weighted by molar-refractivity contribution is -0.144. The smallest absolute Gasteiger partial charge is 0.267 e. The number of para-hydroxylation sites is 2. The number of primary amides is 1. The van der Waals surface area contributed by atoms with Crippen LogP contribution in [0.15, 0.2) is 24.3 Å². The average Bonchev–Trinajstić information content (AvgIpc) is 2.78. The summed E-state index contributed by atoms with van der Waals surface area (Å²) >= 11 is 0. The zero-order valence-electron chi connectivity index (χ0n) is 13.8. The first-order valence-electron chi connectivity index (χ1n) is 8.26. The van der Waals surface area contributed by atoms with Crippen LogP contribution < -0.4 is 15.2 Å². The fourth-order valence-corrected chi connectivity index (χ4v) is 3.14. The normalized spacial score (nSPS) is 24.3. The van der Waals surface area contributed by atoms with E-state index in [2.05, 4.69) is 0 Å². The molecule has 0 unspecified atom stereocenters. The van der Waals surface area contributed by atoms with Crippen molar-refractivity contribution in [3.8, 4) is 11.5 Å². The summed E-state index contributed by atoms with van der Waals surface area (Å²) < 4.78 is 11.7. The number of carbonyl (C=O) groups is 2. The third-order valence-electron chi connectivity index (χ3n) is 4.37. The quantitative estimate of drug-likeness (QED) is 0.856. The fourth-order valence-electron chi connectivity index (χ4n) is 3.14. The minimum absolute atomic E-state index is 0.0714. The summed E-state index contributed by atoms with van der Waals surface area (Å²) in [6.07, 6.45) is -0.197. The molecule has 2 aliphatic heterocycles. The molecule has 0 bridgehead atoms. The standard InChI is InChI=1S/C17H23N3O4/c1-12-16(24-14-6-3-2-5-13(14)23-12)17(22)20-8-4-7-19(9-10-20)11-15(18)21/h2-3,5-6,12,16H,4,7-11H2,1H3,(H2,18,21)/t12-,16+/m0/s1. The van der Waals surface area contributed by atoms with Crippen molar-refractivity contribution in [1.29, 1.82) is 0 Å². The van der Waals surface area contributed by atoms with E-state index in [4.69, 9.17) is 15.2 Å². The van der Waals surface area contributed by atoms with Crippen molar-refractivity contribution in [1.82, 2.24) is 9.80 Å². The zero-order valence-corrected chi connectivity index (χ0v) is 13.8. The molecule has 7 nitrogen and oxygen atoms in total. The van der Waals surface area contributed by atoms with Gasteiger partial charge >= 0.3 is 0 Å². The predicted molar refractivity (Wildman–Crippen MR) is 87.8 cm³/mol. The maximum atomic E-state index is 12.9. The van der Waals surface area contributed by atoms with Gasteiger partial charge in [-0.2, -0.15) is 0 Å². The van der Waals surface area contributed by atoms with Crippen LogP contribution in [0.4, 0.5) is 0 Å². The number of benzene rings is 1. The largest absolute Gasteiger partial charge is 0.482 e.